The molecule has 0 fully saturated rings. The van der Waals surface area contributed by atoms with Crippen molar-refractivity contribution in [3.63, 3.8) is 0 Å². The summed E-state index contributed by atoms with van der Waals surface area (Å²) in [5.41, 5.74) is 2.67. The Morgan fingerprint density at radius 3 is 2.87 bits per heavy atom. The number of guanidine groups is 1. The van der Waals surface area contributed by atoms with Crippen LogP contribution in [0.4, 0.5) is 5.13 Å². The SMILES string of the molecule is Cc1ccc2nc(NC3=NC4C=C(C(=O)NCC(=O)N(C)C)C=CC4N3C)sc2c1. The van der Waals surface area contributed by atoms with E-state index in [1.165, 1.54) is 10.5 Å². The average Bonchev–Trinajstić information content (AvgIpc) is 3.25. The zero-order chi connectivity index (χ0) is 21.4. The first-order chi connectivity index (χ1) is 14.3. The molecule has 0 bridgehead atoms. The number of benzene rings is 1. The van der Waals surface area contributed by atoms with E-state index in [4.69, 9.17) is 4.99 Å². The average molecular weight is 425 g/mol. The summed E-state index contributed by atoms with van der Waals surface area (Å²) in [5, 5.41) is 6.77. The maximum atomic E-state index is 12.4. The fraction of sp³-hybridized carbons (Fsp3) is 0.333. The zero-order valence-electron chi connectivity index (χ0n) is 17.3. The van der Waals surface area contributed by atoms with Gasteiger partial charge in [0.25, 0.3) is 5.91 Å². The summed E-state index contributed by atoms with van der Waals surface area (Å²) in [6.45, 7) is 2.03. The van der Waals surface area contributed by atoms with Gasteiger partial charge in [0.1, 0.15) is 0 Å². The van der Waals surface area contributed by atoms with Crippen LogP contribution in [0.25, 0.3) is 10.2 Å². The minimum absolute atomic E-state index is 0.0296. The number of rotatable bonds is 4. The fourth-order valence-electron chi connectivity index (χ4n) is 3.37. The summed E-state index contributed by atoms with van der Waals surface area (Å²) in [7, 11) is 5.28. The van der Waals surface area contributed by atoms with Gasteiger partial charge in [0.05, 0.1) is 28.8 Å². The van der Waals surface area contributed by atoms with E-state index in [1.807, 2.05) is 36.2 Å². The van der Waals surface area contributed by atoms with Crippen LogP contribution < -0.4 is 10.6 Å². The largest absolute Gasteiger partial charge is 0.347 e. The Bertz CT molecular complexity index is 1100. The Balaban J connectivity index is 1.47. The summed E-state index contributed by atoms with van der Waals surface area (Å²) in [6, 6.07) is 6.04. The topological polar surface area (TPSA) is 89.9 Å². The van der Waals surface area contributed by atoms with E-state index in [0.29, 0.717) is 11.5 Å². The van der Waals surface area contributed by atoms with E-state index in [0.717, 1.165) is 15.3 Å². The standard InChI is InChI=1S/C21H24N6O2S/c1-12-5-7-14-17(9-12)30-21(24-14)25-20-23-15-10-13(6-8-16(15)27(20)4)19(29)22-11-18(28)26(2)3/h5-10,15-16H,11H2,1-4H3,(H,22,29)(H,23,24,25). The van der Waals surface area contributed by atoms with Crippen molar-refractivity contribution in [1.82, 2.24) is 20.1 Å². The van der Waals surface area contributed by atoms with Crippen LogP contribution in [-0.2, 0) is 9.59 Å². The second-order valence-electron chi connectivity index (χ2n) is 7.61. The molecule has 0 radical (unpaired) electrons. The molecular weight excluding hydrogens is 400 g/mol. The van der Waals surface area contributed by atoms with Crippen LogP contribution in [0.3, 0.4) is 0 Å². The summed E-state index contributed by atoms with van der Waals surface area (Å²) in [4.78, 5) is 37.0. The molecule has 0 saturated carbocycles. The van der Waals surface area contributed by atoms with Crippen molar-refractivity contribution in [2.24, 2.45) is 4.99 Å². The Hall–Kier alpha value is -3.20. The number of aromatic nitrogens is 1. The number of fused-ring (bicyclic) bond motifs is 2. The van der Waals surface area contributed by atoms with E-state index >= 15 is 0 Å². The van der Waals surface area contributed by atoms with Gasteiger partial charge in [-0.1, -0.05) is 29.6 Å². The van der Waals surface area contributed by atoms with Crippen LogP contribution in [0.1, 0.15) is 5.56 Å². The third-order valence-corrected chi connectivity index (χ3v) is 6.08. The van der Waals surface area contributed by atoms with Crippen LogP contribution in [-0.4, -0.2) is 72.3 Å². The van der Waals surface area contributed by atoms with E-state index < -0.39 is 0 Å². The van der Waals surface area contributed by atoms with Crippen LogP contribution in [0.5, 0.6) is 0 Å². The molecule has 4 rings (SSSR count). The number of thiazole rings is 1. The van der Waals surface area contributed by atoms with E-state index in [1.54, 1.807) is 31.5 Å². The number of carbonyl (C=O) groups is 2. The number of amides is 2. The number of aliphatic imine (C=N–C) groups is 1. The molecule has 0 saturated heterocycles. The number of nitrogens with one attached hydrogen (secondary N) is 2. The molecule has 0 spiro atoms. The third-order valence-electron chi connectivity index (χ3n) is 5.15. The van der Waals surface area contributed by atoms with Gasteiger partial charge in [0.15, 0.2) is 5.13 Å². The molecule has 2 aliphatic rings. The van der Waals surface area contributed by atoms with Gasteiger partial charge in [-0.3, -0.25) is 9.59 Å². The zero-order valence-corrected chi connectivity index (χ0v) is 18.2. The van der Waals surface area contributed by atoms with Crippen molar-refractivity contribution in [2.75, 3.05) is 33.0 Å². The summed E-state index contributed by atoms with van der Waals surface area (Å²) in [5.74, 6) is 0.282. The summed E-state index contributed by atoms with van der Waals surface area (Å²) in [6.07, 6.45) is 5.59. The molecule has 9 heteroatoms. The third kappa shape index (κ3) is 3.93. The highest BCUT2D eigenvalue weighted by atomic mass is 32.1. The van der Waals surface area contributed by atoms with Crippen molar-refractivity contribution in [3.05, 3.63) is 47.6 Å². The highest BCUT2D eigenvalue weighted by Gasteiger charge is 2.34. The number of anilines is 1. The molecule has 1 aliphatic heterocycles. The lowest BCUT2D eigenvalue weighted by atomic mass is 9.98. The maximum Gasteiger partial charge on any atom is 0.251 e. The van der Waals surface area contributed by atoms with Gasteiger partial charge in [-0.05, 0) is 30.7 Å². The van der Waals surface area contributed by atoms with Gasteiger partial charge < -0.3 is 20.4 Å². The van der Waals surface area contributed by atoms with Gasteiger partial charge in [-0.15, -0.1) is 0 Å². The number of likely N-dealkylation sites (N-methyl/N-ethyl adjacent to an activating group) is 2. The van der Waals surface area contributed by atoms with Gasteiger partial charge in [0.2, 0.25) is 11.9 Å². The second-order valence-corrected chi connectivity index (χ2v) is 8.64. The van der Waals surface area contributed by atoms with Crippen molar-refractivity contribution in [3.8, 4) is 0 Å². The summed E-state index contributed by atoms with van der Waals surface area (Å²) >= 11 is 1.59. The fourth-order valence-corrected chi connectivity index (χ4v) is 4.33. The lowest BCUT2D eigenvalue weighted by Gasteiger charge is -2.25. The van der Waals surface area contributed by atoms with E-state index in [2.05, 4.69) is 28.6 Å². The Morgan fingerprint density at radius 2 is 2.10 bits per heavy atom. The lowest BCUT2D eigenvalue weighted by Crippen LogP contribution is -2.40. The molecule has 8 nitrogen and oxygen atoms in total. The highest BCUT2D eigenvalue weighted by Crippen LogP contribution is 2.29. The molecule has 30 heavy (non-hydrogen) atoms. The first kappa shape index (κ1) is 20.1. The number of hydrogen-bond acceptors (Lipinski definition) is 7. The molecule has 2 unspecified atom stereocenters. The Morgan fingerprint density at radius 1 is 1.30 bits per heavy atom. The molecule has 1 aromatic heterocycles. The quantitative estimate of drug-likeness (QED) is 0.781. The van der Waals surface area contributed by atoms with Crippen LogP contribution >= 0.6 is 11.3 Å². The molecule has 156 valence electrons. The van der Waals surface area contributed by atoms with Crippen molar-refractivity contribution >= 4 is 44.5 Å². The van der Waals surface area contributed by atoms with Gasteiger partial charge in [-0.2, -0.15) is 0 Å². The molecule has 2 N–H and O–H groups in total. The number of aryl methyl sites for hydroxylation is 1. The highest BCUT2D eigenvalue weighted by molar-refractivity contribution is 7.22. The number of carbonyl (C=O) groups excluding carboxylic acids is 2. The van der Waals surface area contributed by atoms with Crippen LogP contribution in [0.2, 0.25) is 0 Å². The van der Waals surface area contributed by atoms with Crippen molar-refractivity contribution < 1.29 is 9.59 Å². The normalized spacial score (nSPS) is 19.9. The number of nitrogens with zero attached hydrogens (tertiary/aromatic N) is 4. The Labute approximate surface area is 179 Å². The minimum Gasteiger partial charge on any atom is -0.347 e. The molecule has 2 amide bonds. The van der Waals surface area contributed by atoms with Gasteiger partial charge in [-0.25, -0.2) is 9.98 Å². The first-order valence-electron chi connectivity index (χ1n) is 9.65. The molecule has 2 heterocycles. The van der Waals surface area contributed by atoms with Crippen molar-refractivity contribution in [1.29, 1.82) is 0 Å². The molecule has 1 aliphatic carbocycles. The van der Waals surface area contributed by atoms with E-state index in [-0.39, 0.29) is 30.4 Å². The molecule has 2 aromatic rings. The Kier molecular flexibility index (Phi) is 5.29. The summed E-state index contributed by atoms with van der Waals surface area (Å²) < 4.78 is 1.13. The first-order valence-corrected chi connectivity index (χ1v) is 10.5. The molecule has 2 atom stereocenters. The van der Waals surface area contributed by atoms with Crippen LogP contribution in [0, 0.1) is 6.92 Å². The number of hydrogen-bond donors (Lipinski definition) is 2. The lowest BCUT2D eigenvalue weighted by molar-refractivity contribution is -0.129. The molecule has 1 aromatic carbocycles. The van der Waals surface area contributed by atoms with Gasteiger partial charge >= 0.3 is 0 Å². The smallest absolute Gasteiger partial charge is 0.251 e. The van der Waals surface area contributed by atoms with E-state index in [9.17, 15) is 9.59 Å². The van der Waals surface area contributed by atoms with Gasteiger partial charge in [0, 0.05) is 26.7 Å². The van der Waals surface area contributed by atoms with Crippen molar-refractivity contribution in [2.45, 2.75) is 19.0 Å². The monoisotopic (exact) mass is 424 g/mol. The van der Waals surface area contributed by atoms with Crippen LogP contribution in [0.15, 0.2) is 47.0 Å². The molecular formula is C21H24N6O2S. The predicted molar refractivity (Wildman–Crippen MR) is 120 cm³/mol. The predicted octanol–water partition coefficient (Wildman–Crippen LogP) is 1.76. The maximum absolute atomic E-state index is 12.4. The second kappa shape index (κ2) is 7.91. The minimum atomic E-state index is -0.277.